The lowest BCUT2D eigenvalue weighted by Gasteiger charge is -2.03. The SMILES string of the molecule is Cc1ccc(-c2nnn(CC(=O)Nc3ccc(F)cc3)n2)cc1. The van der Waals surface area contributed by atoms with Gasteiger partial charge in [0.25, 0.3) is 0 Å². The fraction of sp³-hybridized carbons (Fsp3) is 0.125. The van der Waals surface area contributed by atoms with Gasteiger partial charge < -0.3 is 5.32 Å². The molecule has 1 N–H and O–H groups in total. The van der Waals surface area contributed by atoms with Crippen LogP contribution in [0.25, 0.3) is 11.4 Å². The minimum absolute atomic E-state index is 0.0732. The number of aromatic nitrogens is 4. The number of halogens is 1. The van der Waals surface area contributed by atoms with Gasteiger partial charge in [0.15, 0.2) is 0 Å². The highest BCUT2D eigenvalue weighted by Crippen LogP contribution is 2.14. The molecule has 3 rings (SSSR count). The molecule has 0 bridgehead atoms. The van der Waals surface area contributed by atoms with Gasteiger partial charge in [0, 0.05) is 11.3 Å². The first-order valence-corrected chi connectivity index (χ1v) is 7.00. The molecule has 1 aromatic heterocycles. The van der Waals surface area contributed by atoms with Gasteiger partial charge in [-0.3, -0.25) is 4.79 Å². The first kappa shape index (κ1) is 14.8. The van der Waals surface area contributed by atoms with Gasteiger partial charge in [-0.2, -0.15) is 4.80 Å². The first-order chi connectivity index (χ1) is 11.1. The van der Waals surface area contributed by atoms with Gasteiger partial charge >= 0.3 is 0 Å². The largest absolute Gasteiger partial charge is 0.324 e. The minimum atomic E-state index is -0.358. The van der Waals surface area contributed by atoms with Crippen LogP contribution in [0.2, 0.25) is 0 Å². The molecule has 0 aliphatic heterocycles. The second-order valence-electron chi connectivity index (χ2n) is 5.06. The average Bonchev–Trinajstić information content (AvgIpc) is 2.98. The Bertz CT molecular complexity index is 811. The van der Waals surface area contributed by atoms with E-state index in [1.807, 2.05) is 31.2 Å². The van der Waals surface area contributed by atoms with Crippen LogP contribution in [0.1, 0.15) is 5.56 Å². The molecule has 116 valence electrons. The van der Waals surface area contributed by atoms with Crippen LogP contribution in [0.15, 0.2) is 48.5 Å². The first-order valence-electron chi connectivity index (χ1n) is 7.00. The summed E-state index contributed by atoms with van der Waals surface area (Å²) in [6.07, 6.45) is 0. The summed E-state index contributed by atoms with van der Waals surface area (Å²) in [5.41, 5.74) is 2.48. The molecule has 0 aliphatic carbocycles. The molecule has 0 atom stereocenters. The molecule has 0 aliphatic rings. The zero-order chi connectivity index (χ0) is 16.2. The van der Waals surface area contributed by atoms with Crippen molar-refractivity contribution in [1.82, 2.24) is 20.2 Å². The normalized spacial score (nSPS) is 10.5. The van der Waals surface area contributed by atoms with Crippen LogP contribution in [0.5, 0.6) is 0 Å². The fourth-order valence-electron chi connectivity index (χ4n) is 1.99. The van der Waals surface area contributed by atoms with Crippen LogP contribution in [-0.4, -0.2) is 26.1 Å². The molecule has 2 aromatic carbocycles. The summed E-state index contributed by atoms with van der Waals surface area (Å²) in [6.45, 7) is 1.92. The highest BCUT2D eigenvalue weighted by atomic mass is 19.1. The zero-order valence-corrected chi connectivity index (χ0v) is 12.4. The lowest BCUT2D eigenvalue weighted by molar-refractivity contribution is -0.117. The van der Waals surface area contributed by atoms with Crippen LogP contribution < -0.4 is 5.32 Å². The van der Waals surface area contributed by atoms with Gasteiger partial charge in [0.05, 0.1) is 0 Å². The molecular weight excluding hydrogens is 297 g/mol. The highest BCUT2D eigenvalue weighted by molar-refractivity contribution is 5.90. The van der Waals surface area contributed by atoms with E-state index >= 15 is 0 Å². The van der Waals surface area contributed by atoms with E-state index in [1.165, 1.54) is 29.1 Å². The number of nitrogens with zero attached hydrogens (tertiary/aromatic N) is 4. The Morgan fingerprint density at radius 1 is 1.13 bits per heavy atom. The molecule has 7 heteroatoms. The number of tetrazole rings is 1. The summed E-state index contributed by atoms with van der Waals surface area (Å²) in [4.78, 5) is 13.1. The zero-order valence-electron chi connectivity index (χ0n) is 12.4. The Balaban J connectivity index is 1.65. The lowest BCUT2D eigenvalue weighted by atomic mass is 10.1. The predicted molar refractivity (Wildman–Crippen MR) is 83.0 cm³/mol. The van der Waals surface area contributed by atoms with Gasteiger partial charge in [-0.05, 0) is 36.4 Å². The van der Waals surface area contributed by atoms with E-state index in [0.29, 0.717) is 11.5 Å². The second-order valence-corrected chi connectivity index (χ2v) is 5.06. The Hall–Kier alpha value is -3.09. The van der Waals surface area contributed by atoms with E-state index in [4.69, 9.17) is 0 Å². The highest BCUT2D eigenvalue weighted by Gasteiger charge is 2.09. The summed E-state index contributed by atoms with van der Waals surface area (Å²) >= 11 is 0. The topological polar surface area (TPSA) is 72.7 Å². The number of hydrogen-bond donors (Lipinski definition) is 1. The van der Waals surface area contributed by atoms with Gasteiger partial charge in [0.2, 0.25) is 11.7 Å². The minimum Gasteiger partial charge on any atom is -0.324 e. The number of carbonyl (C=O) groups excluding carboxylic acids is 1. The molecule has 23 heavy (non-hydrogen) atoms. The summed E-state index contributed by atoms with van der Waals surface area (Å²) in [5.74, 6) is -0.215. The predicted octanol–water partition coefficient (Wildman–Crippen LogP) is 2.43. The number of hydrogen-bond acceptors (Lipinski definition) is 4. The van der Waals surface area contributed by atoms with Gasteiger partial charge in [-0.15, -0.1) is 10.2 Å². The molecule has 0 saturated heterocycles. The Morgan fingerprint density at radius 3 is 2.52 bits per heavy atom. The third-order valence-corrected chi connectivity index (χ3v) is 3.18. The van der Waals surface area contributed by atoms with Crippen molar-refractivity contribution in [3.63, 3.8) is 0 Å². The maximum absolute atomic E-state index is 12.8. The number of amides is 1. The van der Waals surface area contributed by atoms with Gasteiger partial charge in [-0.1, -0.05) is 29.8 Å². The van der Waals surface area contributed by atoms with Crippen LogP contribution in [-0.2, 0) is 11.3 Å². The van der Waals surface area contributed by atoms with Crippen LogP contribution >= 0.6 is 0 Å². The van der Waals surface area contributed by atoms with Crippen molar-refractivity contribution < 1.29 is 9.18 Å². The van der Waals surface area contributed by atoms with E-state index in [1.54, 1.807) is 0 Å². The molecule has 3 aromatic rings. The van der Waals surface area contributed by atoms with E-state index in [9.17, 15) is 9.18 Å². The molecule has 0 unspecified atom stereocenters. The van der Waals surface area contributed by atoms with Crippen molar-refractivity contribution in [2.75, 3.05) is 5.32 Å². The quantitative estimate of drug-likeness (QED) is 0.803. The smallest absolute Gasteiger partial charge is 0.248 e. The number of benzene rings is 2. The Morgan fingerprint density at radius 2 is 1.83 bits per heavy atom. The summed E-state index contributed by atoms with van der Waals surface area (Å²) in [5, 5.41) is 14.6. The van der Waals surface area contributed by atoms with Crippen molar-refractivity contribution in [2.24, 2.45) is 0 Å². The number of carbonyl (C=O) groups is 1. The van der Waals surface area contributed by atoms with E-state index in [2.05, 4.69) is 20.7 Å². The summed E-state index contributed by atoms with van der Waals surface area (Å²) < 4.78 is 12.8. The summed E-state index contributed by atoms with van der Waals surface area (Å²) in [7, 11) is 0. The standard InChI is InChI=1S/C16H14FN5O/c1-11-2-4-12(5-3-11)16-19-21-22(20-16)10-15(23)18-14-8-6-13(17)7-9-14/h2-9H,10H2,1H3,(H,18,23). The molecular formula is C16H14FN5O. The van der Waals surface area contributed by atoms with Crippen LogP contribution in [0.4, 0.5) is 10.1 Å². The van der Waals surface area contributed by atoms with Crippen molar-refractivity contribution in [3.8, 4) is 11.4 Å². The molecule has 1 amide bonds. The van der Waals surface area contributed by atoms with Crippen molar-refractivity contribution in [2.45, 2.75) is 13.5 Å². The molecule has 6 nitrogen and oxygen atoms in total. The number of nitrogens with one attached hydrogen (secondary N) is 1. The number of anilines is 1. The summed E-state index contributed by atoms with van der Waals surface area (Å²) in [6, 6.07) is 13.2. The second kappa shape index (κ2) is 6.35. The maximum atomic E-state index is 12.8. The van der Waals surface area contributed by atoms with Crippen LogP contribution in [0.3, 0.4) is 0 Å². The van der Waals surface area contributed by atoms with E-state index in [0.717, 1.165) is 11.1 Å². The van der Waals surface area contributed by atoms with E-state index in [-0.39, 0.29) is 18.3 Å². The molecule has 0 radical (unpaired) electrons. The van der Waals surface area contributed by atoms with Gasteiger partial charge in [0.1, 0.15) is 12.4 Å². The average molecular weight is 311 g/mol. The van der Waals surface area contributed by atoms with Gasteiger partial charge in [-0.25, -0.2) is 4.39 Å². The molecule has 0 fully saturated rings. The van der Waals surface area contributed by atoms with Crippen molar-refractivity contribution in [3.05, 3.63) is 59.9 Å². The van der Waals surface area contributed by atoms with Crippen molar-refractivity contribution >= 4 is 11.6 Å². The third kappa shape index (κ3) is 3.76. The maximum Gasteiger partial charge on any atom is 0.248 e. The fourth-order valence-corrected chi connectivity index (χ4v) is 1.99. The van der Waals surface area contributed by atoms with Crippen molar-refractivity contribution in [1.29, 1.82) is 0 Å². The lowest BCUT2D eigenvalue weighted by Crippen LogP contribution is -2.20. The number of aryl methyl sites for hydroxylation is 1. The molecule has 0 saturated carbocycles. The molecule has 0 spiro atoms. The Labute approximate surface area is 132 Å². The molecule has 1 heterocycles. The number of rotatable bonds is 4. The third-order valence-electron chi connectivity index (χ3n) is 3.18. The Kier molecular flexibility index (Phi) is 4.09. The monoisotopic (exact) mass is 311 g/mol. The van der Waals surface area contributed by atoms with E-state index < -0.39 is 0 Å². The van der Waals surface area contributed by atoms with Crippen LogP contribution in [0, 0.1) is 12.7 Å².